The SMILES string of the molecule is C=C1C(=O)O[C@H]2/C=C(\C)[C@@H](O)CC/C(COC(C)=O)=C/[C@@H](OC(C)=O)[C@H]12. The first-order valence-electron chi connectivity index (χ1n) is 8.45. The maximum atomic E-state index is 12.0. The van der Waals surface area contributed by atoms with Gasteiger partial charge in [0.2, 0.25) is 0 Å². The van der Waals surface area contributed by atoms with Crippen molar-refractivity contribution in [2.24, 2.45) is 5.92 Å². The van der Waals surface area contributed by atoms with Gasteiger partial charge >= 0.3 is 17.9 Å². The fraction of sp³-hybridized carbons (Fsp3) is 0.526. The zero-order valence-corrected chi connectivity index (χ0v) is 15.2. The van der Waals surface area contributed by atoms with Gasteiger partial charge in [-0.2, -0.15) is 0 Å². The summed E-state index contributed by atoms with van der Waals surface area (Å²) < 4.78 is 15.8. The number of rotatable bonds is 3. The zero-order valence-electron chi connectivity index (χ0n) is 15.2. The molecule has 1 N–H and O–H groups in total. The van der Waals surface area contributed by atoms with Crippen LogP contribution in [-0.2, 0) is 28.6 Å². The van der Waals surface area contributed by atoms with E-state index in [2.05, 4.69) is 6.58 Å². The summed E-state index contributed by atoms with van der Waals surface area (Å²) in [7, 11) is 0. The van der Waals surface area contributed by atoms with Crippen LogP contribution >= 0.6 is 0 Å². The Morgan fingerprint density at radius 3 is 2.62 bits per heavy atom. The highest BCUT2D eigenvalue weighted by Gasteiger charge is 2.43. The van der Waals surface area contributed by atoms with Crippen LogP contribution in [0.5, 0.6) is 0 Å². The van der Waals surface area contributed by atoms with Crippen molar-refractivity contribution < 1.29 is 33.7 Å². The molecule has 26 heavy (non-hydrogen) atoms. The first kappa shape index (κ1) is 19.9. The molecule has 1 heterocycles. The topological polar surface area (TPSA) is 99.1 Å². The molecule has 7 heteroatoms. The number of aliphatic hydroxyl groups excluding tert-OH is 1. The van der Waals surface area contributed by atoms with Gasteiger partial charge < -0.3 is 19.3 Å². The standard InChI is InChI=1S/C19H24O7/c1-10-7-16-18(11(2)19(23)26-16)17(25-13(4)21)8-14(5-6-15(10)22)9-24-12(3)20/h7-8,15-18,22H,2,5-6,9H2,1,3-4H3/b10-7+,14-8-/t15-,16-,17+,18+/m0/s1. The molecular formula is C19H24O7. The molecule has 142 valence electrons. The molecule has 0 saturated carbocycles. The number of carbonyl (C=O) groups excluding carboxylic acids is 3. The minimum atomic E-state index is -0.790. The normalized spacial score (nSPS) is 33.1. The zero-order chi connectivity index (χ0) is 19.4. The molecule has 0 amide bonds. The van der Waals surface area contributed by atoms with E-state index in [1.54, 1.807) is 19.1 Å². The number of ether oxygens (including phenoxy) is 3. The van der Waals surface area contributed by atoms with E-state index < -0.39 is 42.1 Å². The largest absolute Gasteiger partial charge is 0.461 e. The fourth-order valence-electron chi connectivity index (χ4n) is 3.08. The molecule has 0 unspecified atom stereocenters. The van der Waals surface area contributed by atoms with E-state index in [-0.39, 0.29) is 12.2 Å². The predicted octanol–water partition coefficient (Wildman–Crippen LogP) is 1.61. The Bertz CT molecular complexity index is 673. The van der Waals surface area contributed by atoms with Crippen LogP contribution in [0.2, 0.25) is 0 Å². The molecule has 1 saturated heterocycles. The summed E-state index contributed by atoms with van der Waals surface area (Å²) in [5, 5.41) is 10.3. The van der Waals surface area contributed by atoms with Crippen LogP contribution in [-0.4, -0.2) is 47.9 Å². The lowest BCUT2D eigenvalue weighted by Gasteiger charge is -2.26. The second kappa shape index (κ2) is 8.31. The second-order valence-corrected chi connectivity index (χ2v) is 6.57. The third-order valence-electron chi connectivity index (χ3n) is 4.47. The van der Waals surface area contributed by atoms with Crippen molar-refractivity contribution in [1.82, 2.24) is 0 Å². The lowest BCUT2D eigenvalue weighted by atomic mass is 9.86. The Morgan fingerprint density at radius 2 is 2.00 bits per heavy atom. The number of fused-ring (bicyclic) bond motifs is 1. The van der Waals surface area contributed by atoms with E-state index in [0.29, 0.717) is 24.0 Å². The van der Waals surface area contributed by atoms with Gasteiger partial charge in [0.1, 0.15) is 18.8 Å². The number of aliphatic hydroxyl groups is 1. The Kier molecular flexibility index (Phi) is 6.37. The van der Waals surface area contributed by atoms with Crippen LogP contribution in [0.4, 0.5) is 0 Å². The van der Waals surface area contributed by atoms with Crippen molar-refractivity contribution in [3.05, 3.63) is 35.5 Å². The lowest BCUT2D eigenvalue weighted by molar-refractivity contribution is -0.147. The first-order valence-corrected chi connectivity index (χ1v) is 8.45. The molecule has 0 aromatic heterocycles. The molecule has 0 aromatic rings. The second-order valence-electron chi connectivity index (χ2n) is 6.57. The molecule has 0 bridgehead atoms. The maximum Gasteiger partial charge on any atom is 0.334 e. The summed E-state index contributed by atoms with van der Waals surface area (Å²) in [6, 6.07) is 0. The van der Waals surface area contributed by atoms with Crippen molar-refractivity contribution in [3.8, 4) is 0 Å². The molecule has 1 aliphatic heterocycles. The van der Waals surface area contributed by atoms with Crippen LogP contribution in [0.1, 0.15) is 33.6 Å². The minimum Gasteiger partial charge on any atom is -0.461 e. The molecule has 7 nitrogen and oxygen atoms in total. The molecule has 2 rings (SSSR count). The quantitative estimate of drug-likeness (QED) is 0.351. The van der Waals surface area contributed by atoms with E-state index in [4.69, 9.17) is 14.2 Å². The van der Waals surface area contributed by atoms with Gasteiger partial charge in [-0.1, -0.05) is 6.58 Å². The average molecular weight is 364 g/mol. The van der Waals surface area contributed by atoms with Gasteiger partial charge in [0, 0.05) is 19.4 Å². The Morgan fingerprint density at radius 1 is 1.31 bits per heavy atom. The van der Waals surface area contributed by atoms with E-state index in [0.717, 1.165) is 0 Å². The van der Waals surface area contributed by atoms with Crippen molar-refractivity contribution in [3.63, 3.8) is 0 Å². The van der Waals surface area contributed by atoms with Gasteiger partial charge in [0.15, 0.2) is 0 Å². The van der Waals surface area contributed by atoms with Gasteiger partial charge in [0.25, 0.3) is 0 Å². The number of carbonyl (C=O) groups is 3. The van der Waals surface area contributed by atoms with Crippen molar-refractivity contribution in [1.29, 1.82) is 0 Å². The molecule has 0 spiro atoms. The lowest BCUT2D eigenvalue weighted by Crippen LogP contribution is -2.32. The van der Waals surface area contributed by atoms with Gasteiger partial charge in [-0.25, -0.2) is 4.79 Å². The number of esters is 3. The maximum absolute atomic E-state index is 12.0. The fourth-order valence-corrected chi connectivity index (χ4v) is 3.08. The highest BCUT2D eigenvalue weighted by Crippen LogP contribution is 2.35. The molecule has 4 atom stereocenters. The van der Waals surface area contributed by atoms with E-state index in [1.807, 2.05) is 0 Å². The number of hydrogen-bond acceptors (Lipinski definition) is 7. The third-order valence-corrected chi connectivity index (χ3v) is 4.47. The van der Waals surface area contributed by atoms with Crippen LogP contribution < -0.4 is 0 Å². The monoisotopic (exact) mass is 364 g/mol. The van der Waals surface area contributed by atoms with Gasteiger partial charge in [-0.15, -0.1) is 0 Å². The molecule has 0 radical (unpaired) electrons. The minimum absolute atomic E-state index is 0.0151. The summed E-state index contributed by atoms with van der Waals surface area (Å²) in [5.74, 6) is -2.13. The molecular weight excluding hydrogens is 340 g/mol. The summed E-state index contributed by atoms with van der Waals surface area (Å²) in [4.78, 5) is 34.7. The summed E-state index contributed by atoms with van der Waals surface area (Å²) in [6.07, 6.45) is 1.96. The average Bonchev–Trinajstić information content (AvgIpc) is 2.81. The third kappa shape index (κ3) is 4.82. The van der Waals surface area contributed by atoms with Crippen molar-refractivity contribution >= 4 is 17.9 Å². The van der Waals surface area contributed by atoms with Crippen LogP contribution in [0.25, 0.3) is 0 Å². The summed E-state index contributed by atoms with van der Waals surface area (Å²) in [6.45, 7) is 8.11. The van der Waals surface area contributed by atoms with Crippen LogP contribution in [0, 0.1) is 5.92 Å². The van der Waals surface area contributed by atoms with Crippen molar-refractivity contribution in [2.45, 2.75) is 51.9 Å². The van der Waals surface area contributed by atoms with E-state index in [1.165, 1.54) is 13.8 Å². The van der Waals surface area contributed by atoms with Crippen LogP contribution in [0.15, 0.2) is 35.5 Å². The van der Waals surface area contributed by atoms with Gasteiger partial charge in [-0.05, 0) is 43.1 Å². The van der Waals surface area contributed by atoms with Crippen LogP contribution in [0.3, 0.4) is 0 Å². The van der Waals surface area contributed by atoms with Gasteiger partial charge in [-0.3, -0.25) is 9.59 Å². The molecule has 1 fully saturated rings. The predicted molar refractivity (Wildman–Crippen MR) is 91.8 cm³/mol. The first-order chi connectivity index (χ1) is 12.2. The van der Waals surface area contributed by atoms with Crippen molar-refractivity contribution in [2.75, 3.05) is 6.61 Å². The summed E-state index contributed by atoms with van der Waals surface area (Å²) >= 11 is 0. The Hall–Kier alpha value is -2.41. The van der Waals surface area contributed by atoms with Gasteiger partial charge in [0.05, 0.1) is 12.0 Å². The molecule has 0 aromatic carbocycles. The Labute approximate surface area is 152 Å². The van der Waals surface area contributed by atoms with E-state index in [9.17, 15) is 19.5 Å². The Balaban J connectivity index is 2.44. The molecule has 1 aliphatic carbocycles. The highest BCUT2D eigenvalue weighted by molar-refractivity contribution is 5.91. The number of hydrogen-bond donors (Lipinski definition) is 1. The molecule has 2 aliphatic rings. The summed E-state index contributed by atoms with van der Waals surface area (Å²) in [5.41, 5.74) is 1.53. The van der Waals surface area contributed by atoms with E-state index >= 15 is 0 Å². The smallest absolute Gasteiger partial charge is 0.334 e. The highest BCUT2D eigenvalue weighted by atomic mass is 16.6.